The van der Waals surface area contributed by atoms with Crippen molar-refractivity contribution in [1.29, 1.82) is 0 Å². The van der Waals surface area contributed by atoms with Gasteiger partial charge in [0.2, 0.25) is 5.88 Å². The normalized spacial score (nSPS) is 10.9. The highest BCUT2D eigenvalue weighted by atomic mass is 16.5. The largest absolute Gasteiger partial charge is 0.497 e. The van der Waals surface area contributed by atoms with Crippen LogP contribution in [-0.2, 0) is 4.79 Å². The molecule has 1 N–H and O–H groups in total. The monoisotopic (exact) mass is 367 g/mol. The molecule has 3 rings (SSSR count). The number of amides is 1. The lowest BCUT2D eigenvalue weighted by molar-refractivity contribution is -0.112. The molecule has 7 nitrogen and oxygen atoms in total. The van der Waals surface area contributed by atoms with E-state index in [0.29, 0.717) is 28.3 Å². The lowest BCUT2D eigenvalue weighted by Gasteiger charge is -2.09. The van der Waals surface area contributed by atoms with E-state index in [2.05, 4.69) is 10.3 Å². The Morgan fingerprint density at radius 1 is 1.11 bits per heavy atom. The smallest absolute Gasteiger partial charge is 0.296 e. The van der Waals surface area contributed by atoms with E-state index in [4.69, 9.17) is 9.47 Å². The average Bonchev–Trinajstić information content (AvgIpc) is 3.06. The van der Waals surface area contributed by atoms with Crippen molar-refractivity contribution in [3.05, 3.63) is 48.3 Å². The second-order valence-corrected chi connectivity index (χ2v) is 6.30. The summed E-state index contributed by atoms with van der Waals surface area (Å²) < 4.78 is 12.2. The van der Waals surface area contributed by atoms with Crippen LogP contribution in [0.5, 0.6) is 11.6 Å². The van der Waals surface area contributed by atoms with Gasteiger partial charge in [-0.25, -0.2) is 4.98 Å². The van der Waals surface area contributed by atoms with Crippen LogP contribution in [0.2, 0.25) is 0 Å². The summed E-state index contributed by atoms with van der Waals surface area (Å²) in [6.45, 7) is 4.03. The van der Waals surface area contributed by atoms with Crippen LogP contribution in [0.15, 0.2) is 42.7 Å². The first-order chi connectivity index (χ1) is 12.9. The first-order valence-corrected chi connectivity index (χ1v) is 8.49. The summed E-state index contributed by atoms with van der Waals surface area (Å²) in [6, 6.07) is 8.85. The summed E-state index contributed by atoms with van der Waals surface area (Å²) >= 11 is 0. The summed E-state index contributed by atoms with van der Waals surface area (Å²) in [7, 11) is 3.06. The predicted molar refractivity (Wildman–Crippen MR) is 103 cm³/mol. The zero-order valence-corrected chi connectivity index (χ0v) is 15.6. The number of pyridine rings is 1. The van der Waals surface area contributed by atoms with Gasteiger partial charge in [0.25, 0.3) is 11.7 Å². The van der Waals surface area contributed by atoms with Gasteiger partial charge in [0.1, 0.15) is 5.75 Å². The molecule has 140 valence electrons. The van der Waals surface area contributed by atoms with E-state index in [0.717, 1.165) is 5.52 Å². The van der Waals surface area contributed by atoms with E-state index < -0.39 is 11.7 Å². The lowest BCUT2D eigenvalue weighted by Crippen LogP contribution is -2.22. The topological polar surface area (TPSA) is 82.5 Å². The number of Topliss-reactive ketones (excluding diaryl/α,β-unsaturated/α-hetero) is 1. The Labute approximate surface area is 156 Å². The Bertz CT molecular complexity index is 990. The molecule has 0 aliphatic heterocycles. The number of methoxy groups -OCH3 is 2. The number of ether oxygens (including phenoxy) is 2. The summed E-state index contributed by atoms with van der Waals surface area (Å²) in [5, 5.41) is 3.25. The number of fused-ring (bicyclic) bond motifs is 1. The molecule has 0 unspecified atom stereocenters. The van der Waals surface area contributed by atoms with Crippen LogP contribution in [0.3, 0.4) is 0 Å². The molecule has 0 saturated heterocycles. The molecule has 0 atom stereocenters. The Morgan fingerprint density at radius 2 is 1.89 bits per heavy atom. The maximum Gasteiger partial charge on any atom is 0.296 e. The molecule has 0 fully saturated rings. The summed E-state index contributed by atoms with van der Waals surface area (Å²) in [6.07, 6.45) is 3.15. The van der Waals surface area contributed by atoms with E-state index in [-0.39, 0.29) is 6.04 Å². The SMILES string of the molecule is COc1ccc2c(c1)c(C(=O)C(=O)Nc1ccc(OC)nc1)cn2C(C)C. The Hall–Kier alpha value is -3.35. The zero-order chi connectivity index (χ0) is 19.6. The van der Waals surface area contributed by atoms with Crippen molar-refractivity contribution in [2.45, 2.75) is 19.9 Å². The van der Waals surface area contributed by atoms with Crippen molar-refractivity contribution in [3.8, 4) is 11.6 Å². The van der Waals surface area contributed by atoms with Gasteiger partial charge in [-0.15, -0.1) is 0 Å². The molecule has 2 aromatic heterocycles. The molecule has 7 heteroatoms. The Balaban J connectivity index is 1.94. The fraction of sp³-hybridized carbons (Fsp3) is 0.250. The van der Waals surface area contributed by atoms with E-state index in [1.54, 1.807) is 31.5 Å². The highest BCUT2D eigenvalue weighted by Gasteiger charge is 2.23. The number of anilines is 1. The van der Waals surface area contributed by atoms with Crippen molar-refractivity contribution >= 4 is 28.3 Å². The standard InChI is InChI=1S/C20H21N3O4/c1-12(2)23-11-16(15-9-14(26-3)6-7-17(15)23)19(24)20(25)22-13-5-8-18(27-4)21-10-13/h5-12H,1-4H3,(H,22,25). The van der Waals surface area contributed by atoms with Crippen molar-refractivity contribution in [2.24, 2.45) is 0 Å². The molecule has 0 bridgehead atoms. The predicted octanol–water partition coefficient (Wildman–Crippen LogP) is 3.46. The third-order valence-corrected chi connectivity index (χ3v) is 4.25. The molecule has 1 amide bonds. The third kappa shape index (κ3) is 3.62. The second kappa shape index (κ2) is 7.49. The molecular weight excluding hydrogens is 346 g/mol. The molecule has 0 saturated carbocycles. The van der Waals surface area contributed by atoms with Crippen molar-refractivity contribution < 1.29 is 19.1 Å². The summed E-state index contributed by atoms with van der Waals surface area (Å²) in [4.78, 5) is 29.3. The maximum atomic E-state index is 12.8. The number of aromatic nitrogens is 2. The molecule has 1 aromatic carbocycles. The Kier molecular flexibility index (Phi) is 5.12. The van der Waals surface area contributed by atoms with Gasteiger partial charge in [-0.3, -0.25) is 9.59 Å². The highest BCUT2D eigenvalue weighted by molar-refractivity contribution is 6.48. The molecule has 3 aromatic rings. The van der Waals surface area contributed by atoms with Crippen LogP contribution in [-0.4, -0.2) is 35.5 Å². The first kappa shape index (κ1) is 18.4. The minimum absolute atomic E-state index is 0.135. The highest BCUT2D eigenvalue weighted by Crippen LogP contribution is 2.29. The van der Waals surface area contributed by atoms with Crippen LogP contribution in [0.4, 0.5) is 5.69 Å². The molecule has 0 aliphatic carbocycles. The van der Waals surface area contributed by atoms with E-state index in [9.17, 15) is 9.59 Å². The van der Waals surface area contributed by atoms with Gasteiger partial charge >= 0.3 is 0 Å². The number of carbonyl (C=O) groups is 2. The van der Waals surface area contributed by atoms with E-state index in [1.165, 1.54) is 13.3 Å². The number of rotatable bonds is 6. The lowest BCUT2D eigenvalue weighted by atomic mass is 10.1. The number of hydrogen-bond donors (Lipinski definition) is 1. The maximum absolute atomic E-state index is 12.8. The van der Waals surface area contributed by atoms with E-state index >= 15 is 0 Å². The summed E-state index contributed by atoms with van der Waals surface area (Å²) in [5.74, 6) is -0.305. The van der Waals surface area contributed by atoms with Crippen molar-refractivity contribution in [1.82, 2.24) is 9.55 Å². The average molecular weight is 367 g/mol. The zero-order valence-electron chi connectivity index (χ0n) is 15.6. The first-order valence-electron chi connectivity index (χ1n) is 8.49. The molecule has 0 spiro atoms. The Morgan fingerprint density at radius 3 is 2.48 bits per heavy atom. The third-order valence-electron chi connectivity index (χ3n) is 4.25. The minimum Gasteiger partial charge on any atom is -0.497 e. The molecular formula is C20H21N3O4. The molecule has 27 heavy (non-hydrogen) atoms. The van der Waals surface area contributed by atoms with E-state index in [1.807, 2.05) is 30.5 Å². The number of nitrogens with one attached hydrogen (secondary N) is 1. The van der Waals surface area contributed by atoms with Gasteiger partial charge in [0, 0.05) is 29.2 Å². The van der Waals surface area contributed by atoms with Crippen molar-refractivity contribution in [2.75, 3.05) is 19.5 Å². The van der Waals surface area contributed by atoms with Gasteiger partial charge in [0.15, 0.2) is 0 Å². The van der Waals surface area contributed by atoms with Crippen LogP contribution < -0.4 is 14.8 Å². The number of ketones is 1. The number of benzene rings is 1. The van der Waals surface area contributed by atoms with Gasteiger partial charge in [-0.1, -0.05) is 0 Å². The fourth-order valence-corrected chi connectivity index (χ4v) is 2.85. The molecule has 0 aliphatic rings. The summed E-state index contributed by atoms with van der Waals surface area (Å²) in [5.41, 5.74) is 1.61. The van der Waals surface area contributed by atoms with Gasteiger partial charge in [-0.2, -0.15) is 0 Å². The van der Waals surface area contributed by atoms with Crippen LogP contribution in [0.25, 0.3) is 10.9 Å². The van der Waals surface area contributed by atoms with Crippen molar-refractivity contribution in [3.63, 3.8) is 0 Å². The number of hydrogen-bond acceptors (Lipinski definition) is 5. The van der Waals surface area contributed by atoms with Gasteiger partial charge in [-0.05, 0) is 38.1 Å². The van der Waals surface area contributed by atoms with Crippen LogP contribution in [0, 0.1) is 0 Å². The molecule has 2 heterocycles. The minimum atomic E-state index is -0.729. The second-order valence-electron chi connectivity index (χ2n) is 6.30. The van der Waals surface area contributed by atoms with Gasteiger partial charge in [0.05, 0.1) is 31.7 Å². The quantitative estimate of drug-likeness (QED) is 0.533. The molecule has 0 radical (unpaired) electrons. The number of carbonyl (C=O) groups excluding carboxylic acids is 2. The fourth-order valence-electron chi connectivity index (χ4n) is 2.85. The van der Waals surface area contributed by atoms with Gasteiger partial charge < -0.3 is 19.4 Å². The van der Waals surface area contributed by atoms with Crippen LogP contribution in [0.1, 0.15) is 30.2 Å². The number of nitrogens with zero attached hydrogens (tertiary/aromatic N) is 2. The van der Waals surface area contributed by atoms with Crippen LogP contribution >= 0.6 is 0 Å².